The molecule has 142 valence electrons. The summed E-state index contributed by atoms with van der Waals surface area (Å²) in [5.41, 5.74) is 1.08. The van der Waals surface area contributed by atoms with Crippen LogP contribution in [-0.2, 0) is 23.2 Å². The quantitative estimate of drug-likeness (QED) is 0.593. The third-order valence-corrected chi connectivity index (χ3v) is 4.78. The number of aryl methyl sites for hydroxylation is 1. The summed E-state index contributed by atoms with van der Waals surface area (Å²) >= 11 is 5.99. The number of unbranched alkanes of at least 4 members (excludes halogenated alkanes) is 1. The van der Waals surface area contributed by atoms with Gasteiger partial charge in [-0.15, -0.1) is 11.6 Å². The van der Waals surface area contributed by atoms with Gasteiger partial charge in [0.15, 0.2) is 0 Å². The zero-order valence-corrected chi connectivity index (χ0v) is 16.9. The van der Waals surface area contributed by atoms with Gasteiger partial charge in [0.05, 0.1) is 6.54 Å². The average molecular weight is 370 g/mol. The first-order valence-electron chi connectivity index (χ1n) is 9.14. The number of hydrogen-bond acceptors (Lipinski definition) is 2. The molecule has 2 unspecified atom stereocenters. The molecular formula is C19H32ClN3O2. The zero-order chi connectivity index (χ0) is 19.0. The monoisotopic (exact) mass is 369 g/mol. The summed E-state index contributed by atoms with van der Waals surface area (Å²) in [4.78, 5) is 28.8. The Kier molecular flexibility index (Phi) is 9.04. The number of aromatic nitrogens is 1. The highest BCUT2D eigenvalue weighted by Gasteiger charge is 2.27. The van der Waals surface area contributed by atoms with E-state index in [0.29, 0.717) is 13.1 Å². The Bertz CT molecular complexity index is 557. The third kappa shape index (κ3) is 6.38. The summed E-state index contributed by atoms with van der Waals surface area (Å²) in [7, 11) is 1.97. The molecule has 0 fully saturated rings. The lowest BCUT2D eigenvalue weighted by Crippen LogP contribution is -2.48. The van der Waals surface area contributed by atoms with Crippen LogP contribution in [0.5, 0.6) is 0 Å². The zero-order valence-electron chi connectivity index (χ0n) is 16.2. The van der Waals surface area contributed by atoms with Crippen molar-refractivity contribution in [2.24, 2.45) is 7.05 Å². The topological polar surface area (TPSA) is 45.6 Å². The highest BCUT2D eigenvalue weighted by molar-refractivity contribution is 6.30. The number of carbonyl (C=O) groups excluding carboxylic acids is 2. The second kappa shape index (κ2) is 10.5. The number of amides is 2. The molecule has 25 heavy (non-hydrogen) atoms. The summed E-state index contributed by atoms with van der Waals surface area (Å²) in [6, 6.07) is 3.98. The lowest BCUT2D eigenvalue weighted by Gasteiger charge is -2.32. The molecule has 0 saturated carbocycles. The smallest absolute Gasteiger partial charge is 0.242 e. The number of hydrogen-bond donors (Lipinski definition) is 0. The number of rotatable bonds is 10. The van der Waals surface area contributed by atoms with E-state index in [2.05, 4.69) is 6.92 Å². The first-order chi connectivity index (χ1) is 11.8. The minimum Gasteiger partial charge on any atom is -0.353 e. The van der Waals surface area contributed by atoms with Gasteiger partial charge in [-0.2, -0.15) is 0 Å². The largest absolute Gasteiger partial charge is 0.353 e. The van der Waals surface area contributed by atoms with Crippen LogP contribution in [0, 0.1) is 0 Å². The molecule has 1 rings (SSSR count). The molecule has 0 N–H and O–H groups in total. The maximum atomic E-state index is 12.9. The van der Waals surface area contributed by atoms with Crippen LogP contribution in [0.1, 0.15) is 52.7 Å². The van der Waals surface area contributed by atoms with Gasteiger partial charge in [0, 0.05) is 31.5 Å². The summed E-state index contributed by atoms with van der Waals surface area (Å²) in [5, 5.41) is -0.626. The highest BCUT2D eigenvalue weighted by atomic mass is 35.5. The first kappa shape index (κ1) is 21.6. The molecule has 2 atom stereocenters. The van der Waals surface area contributed by atoms with Crippen LogP contribution in [0.4, 0.5) is 0 Å². The minimum atomic E-state index is -0.626. The SMILES string of the molecule is CCCCN(Cc1cccn1C)C(=O)CN(C(=O)C(C)Cl)C(C)CC. The van der Waals surface area contributed by atoms with Crippen LogP contribution >= 0.6 is 11.6 Å². The van der Waals surface area contributed by atoms with E-state index in [-0.39, 0.29) is 24.4 Å². The fourth-order valence-corrected chi connectivity index (χ4v) is 2.77. The summed E-state index contributed by atoms with van der Waals surface area (Å²) in [6.07, 6.45) is 4.72. The molecule has 2 amide bonds. The van der Waals surface area contributed by atoms with Crippen molar-refractivity contribution in [1.82, 2.24) is 14.4 Å². The molecule has 0 aliphatic carbocycles. The number of nitrogens with zero attached hydrogens (tertiary/aromatic N) is 3. The van der Waals surface area contributed by atoms with Crippen LogP contribution in [-0.4, -0.2) is 50.7 Å². The van der Waals surface area contributed by atoms with Gasteiger partial charge in [0.2, 0.25) is 11.8 Å². The van der Waals surface area contributed by atoms with Gasteiger partial charge < -0.3 is 14.4 Å². The van der Waals surface area contributed by atoms with Crippen LogP contribution in [0.25, 0.3) is 0 Å². The number of halogens is 1. The molecule has 5 nitrogen and oxygen atoms in total. The van der Waals surface area contributed by atoms with Crippen molar-refractivity contribution in [3.05, 3.63) is 24.0 Å². The molecule has 0 spiro atoms. The van der Waals surface area contributed by atoms with Crippen molar-refractivity contribution >= 4 is 23.4 Å². The Morgan fingerprint density at radius 1 is 1.28 bits per heavy atom. The van der Waals surface area contributed by atoms with E-state index >= 15 is 0 Å². The van der Waals surface area contributed by atoms with Gasteiger partial charge in [-0.25, -0.2) is 0 Å². The van der Waals surface area contributed by atoms with E-state index in [9.17, 15) is 9.59 Å². The van der Waals surface area contributed by atoms with E-state index < -0.39 is 5.38 Å². The van der Waals surface area contributed by atoms with E-state index in [1.165, 1.54) is 0 Å². The van der Waals surface area contributed by atoms with Gasteiger partial charge in [0.1, 0.15) is 11.9 Å². The Morgan fingerprint density at radius 3 is 2.44 bits per heavy atom. The second-order valence-electron chi connectivity index (χ2n) is 6.62. The van der Waals surface area contributed by atoms with E-state index in [0.717, 1.165) is 25.0 Å². The Hall–Kier alpha value is -1.49. The van der Waals surface area contributed by atoms with Crippen molar-refractivity contribution in [1.29, 1.82) is 0 Å². The molecular weight excluding hydrogens is 338 g/mol. The number of alkyl halides is 1. The highest BCUT2D eigenvalue weighted by Crippen LogP contribution is 2.12. The third-order valence-electron chi connectivity index (χ3n) is 4.59. The molecule has 0 aliphatic heterocycles. The first-order valence-corrected chi connectivity index (χ1v) is 9.57. The molecule has 0 aromatic carbocycles. The van der Waals surface area contributed by atoms with Crippen LogP contribution in [0.3, 0.4) is 0 Å². The minimum absolute atomic E-state index is 0.0132. The van der Waals surface area contributed by atoms with Gasteiger partial charge >= 0.3 is 0 Å². The van der Waals surface area contributed by atoms with Crippen molar-refractivity contribution in [3.8, 4) is 0 Å². The normalized spacial score (nSPS) is 13.4. The molecule has 1 heterocycles. The fraction of sp³-hybridized carbons (Fsp3) is 0.684. The molecule has 0 aliphatic rings. The number of carbonyl (C=O) groups is 2. The summed E-state index contributed by atoms with van der Waals surface area (Å²) in [5.74, 6) is -0.209. The lowest BCUT2D eigenvalue weighted by molar-refractivity contribution is -0.142. The maximum absolute atomic E-state index is 12.9. The van der Waals surface area contributed by atoms with E-state index in [1.807, 2.05) is 48.7 Å². The molecule has 0 bridgehead atoms. The van der Waals surface area contributed by atoms with Crippen LogP contribution in [0.15, 0.2) is 18.3 Å². The van der Waals surface area contributed by atoms with Crippen molar-refractivity contribution in [2.75, 3.05) is 13.1 Å². The lowest BCUT2D eigenvalue weighted by atomic mass is 10.2. The van der Waals surface area contributed by atoms with Crippen LogP contribution < -0.4 is 0 Å². The molecule has 0 radical (unpaired) electrons. The van der Waals surface area contributed by atoms with Crippen molar-refractivity contribution < 1.29 is 9.59 Å². The summed E-state index contributed by atoms with van der Waals surface area (Å²) < 4.78 is 2.02. The Balaban J connectivity index is 2.90. The van der Waals surface area contributed by atoms with Gasteiger partial charge in [-0.1, -0.05) is 20.3 Å². The second-order valence-corrected chi connectivity index (χ2v) is 7.27. The van der Waals surface area contributed by atoms with Gasteiger partial charge in [-0.05, 0) is 38.8 Å². The van der Waals surface area contributed by atoms with Gasteiger partial charge in [-0.3, -0.25) is 9.59 Å². The van der Waals surface area contributed by atoms with E-state index in [1.54, 1.807) is 11.8 Å². The van der Waals surface area contributed by atoms with Crippen LogP contribution in [0.2, 0.25) is 0 Å². The average Bonchev–Trinajstić information content (AvgIpc) is 2.99. The molecule has 1 aromatic heterocycles. The van der Waals surface area contributed by atoms with Crippen molar-refractivity contribution in [3.63, 3.8) is 0 Å². The molecule has 6 heteroatoms. The van der Waals surface area contributed by atoms with Crippen molar-refractivity contribution in [2.45, 2.75) is 64.9 Å². The maximum Gasteiger partial charge on any atom is 0.242 e. The standard InChI is InChI=1S/C19H32ClN3O2/c1-6-8-12-22(13-17-10-9-11-21(17)5)18(24)14-23(15(3)7-2)19(25)16(4)20/h9-11,15-16H,6-8,12-14H2,1-5H3. The fourth-order valence-electron chi connectivity index (χ4n) is 2.64. The predicted molar refractivity (Wildman–Crippen MR) is 103 cm³/mol. The summed E-state index contributed by atoms with van der Waals surface area (Å²) in [6.45, 7) is 9.06. The molecule has 0 saturated heterocycles. The van der Waals surface area contributed by atoms with E-state index in [4.69, 9.17) is 11.6 Å². The Morgan fingerprint density at radius 2 is 1.96 bits per heavy atom. The predicted octanol–water partition coefficient (Wildman–Crippen LogP) is 3.41. The molecule has 1 aromatic rings. The van der Waals surface area contributed by atoms with Gasteiger partial charge in [0.25, 0.3) is 0 Å². The Labute approximate surface area is 156 Å².